The summed E-state index contributed by atoms with van der Waals surface area (Å²) in [4.78, 5) is 0. The average Bonchev–Trinajstić information content (AvgIpc) is 2.65. The highest BCUT2D eigenvalue weighted by Gasteiger charge is 2.35. The molecule has 2 N–H and O–H groups in total. The molecule has 0 atom stereocenters. The SMILES string of the molecule is CCn1cc(CNC2(CO)CCC2)cn1. The minimum Gasteiger partial charge on any atom is -0.394 e. The molecule has 1 aromatic rings. The van der Waals surface area contributed by atoms with Crippen LogP contribution in [0.4, 0.5) is 0 Å². The molecule has 0 saturated heterocycles. The smallest absolute Gasteiger partial charge is 0.0613 e. The molecule has 2 rings (SSSR count). The number of nitrogens with one attached hydrogen (secondary N) is 1. The van der Waals surface area contributed by atoms with Gasteiger partial charge in [-0.25, -0.2) is 0 Å². The molecule has 4 nitrogen and oxygen atoms in total. The molecule has 1 aliphatic rings. The summed E-state index contributed by atoms with van der Waals surface area (Å²) in [5.41, 5.74) is 1.19. The Hall–Kier alpha value is -0.870. The monoisotopic (exact) mass is 209 g/mol. The number of hydrogen-bond donors (Lipinski definition) is 2. The van der Waals surface area contributed by atoms with Crippen molar-refractivity contribution in [2.45, 2.75) is 44.8 Å². The van der Waals surface area contributed by atoms with Crippen molar-refractivity contribution in [1.29, 1.82) is 0 Å². The van der Waals surface area contributed by atoms with Crippen LogP contribution in [0.1, 0.15) is 31.7 Å². The van der Waals surface area contributed by atoms with Crippen LogP contribution < -0.4 is 5.32 Å². The van der Waals surface area contributed by atoms with E-state index in [1.165, 1.54) is 12.0 Å². The molecule has 0 radical (unpaired) electrons. The first-order valence-corrected chi connectivity index (χ1v) is 5.65. The molecular weight excluding hydrogens is 190 g/mol. The van der Waals surface area contributed by atoms with Crippen LogP contribution in [0.15, 0.2) is 12.4 Å². The van der Waals surface area contributed by atoms with Crippen LogP contribution >= 0.6 is 0 Å². The Balaban J connectivity index is 1.86. The van der Waals surface area contributed by atoms with Crippen molar-refractivity contribution >= 4 is 0 Å². The third kappa shape index (κ3) is 2.21. The van der Waals surface area contributed by atoms with Crippen LogP contribution in [0.3, 0.4) is 0 Å². The predicted molar refractivity (Wildman–Crippen MR) is 58.4 cm³/mol. The van der Waals surface area contributed by atoms with Crippen LogP contribution in [0.2, 0.25) is 0 Å². The van der Waals surface area contributed by atoms with E-state index in [1.807, 2.05) is 10.9 Å². The molecule has 0 aromatic carbocycles. The average molecular weight is 209 g/mol. The second kappa shape index (κ2) is 4.33. The number of hydrogen-bond acceptors (Lipinski definition) is 3. The van der Waals surface area contributed by atoms with Crippen molar-refractivity contribution in [2.75, 3.05) is 6.61 Å². The molecule has 1 aromatic heterocycles. The molecule has 0 spiro atoms. The van der Waals surface area contributed by atoms with E-state index in [1.54, 1.807) is 0 Å². The summed E-state index contributed by atoms with van der Waals surface area (Å²) in [7, 11) is 0. The Kier molecular flexibility index (Phi) is 3.07. The van der Waals surface area contributed by atoms with Gasteiger partial charge in [0.15, 0.2) is 0 Å². The van der Waals surface area contributed by atoms with Crippen molar-refractivity contribution in [2.24, 2.45) is 0 Å². The van der Waals surface area contributed by atoms with E-state index in [4.69, 9.17) is 0 Å². The van der Waals surface area contributed by atoms with Gasteiger partial charge in [-0.1, -0.05) is 0 Å². The molecule has 1 fully saturated rings. The van der Waals surface area contributed by atoms with Gasteiger partial charge in [-0.3, -0.25) is 4.68 Å². The Morgan fingerprint density at radius 2 is 2.40 bits per heavy atom. The zero-order chi connectivity index (χ0) is 10.7. The maximum absolute atomic E-state index is 9.28. The number of rotatable bonds is 5. The Morgan fingerprint density at radius 1 is 1.60 bits per heavy atom. The van der Waals surface area contributed by atoms with Gasteiger partial charge < -0.3 is 10.4 Å². The Morgan fingerprint density at radius 3 is 2.87 bits per heavy atom. The number of aliphatic hydroxyl groups is 1. The lowest BCUT2D eigenvalue weighted by Gasteiger charge is -2.41. The minimum absolute atomic E-state index is 0.00564. The van der Waals surface area contributed by atoms with Gasteiger partial charge in [0.05, 0.1) is 12.8 Å². The van der Waals surface area contributed by atoms with E-state index in [0.29, 0.717) is 0 Å². The molecule has 1 saturated carbocycles. The van der Waals surface area contributed by atoms with E-state index < -0.39 is 0 Å². The molecule has 0 bridgehead atoms. The molecule has 1 heterocycles. The first kappa shape index (κ1) is 10.6. The van der Waals surface area contributed by atoms with Crippen molar-refractivity contribution in [1.82, 2.24) is 15.1 Å². The normalized spacial score (nSPS) is 18.8. The molecule has 0 aliphatic heterocycles. The van der Waals surface area contributed by atoms with E-state index in [9.17, 15) is 5.11 Å². The Labute approximate surface area is 90.3 Å². The van der Waals surface area contributed by atoms with E-state index in [2.05, 4.69) is 23.5 Å². The lowest BCUT2D eigenvalue weighted by molar-refractivity contribution is 0.0872. The van der Waals surface area contributed by atoms with Gasteiger partial charge in [-0.05, 0) is 26.2 Å². The number of aryl methyl sites for hydroxylation is 1. The Bertz CT molecular complexity index is 312. The zero-order valence-corrected chi connectivity index (χ0v) is 9.24. The van der Waals surface area contributed by atoms with Crippen molar-refractivity contribution in [3.8, 4) is 0 Å². The maximum Gasteiger partial charge on any atom is 0.0613 e. The molecule has 15 heavy (non-hydrogen) atoms. The zero-order valence-electron chi connectivity index (χ0n) is 9.24. The van der Waals surface area contributed by atoms with Crippen LogP contribution in [0.25, 0.3) is 0 Å². The number of aliphatic hydroxyl groups excluding tert-OH is 1. The summed E-state index contributed by atoms with van der Waals surface area (Å²) in [6, 6.07) is 0. The lowest BCUT2D eigenvalue weighted by Crippen LogP contribution is -2.53. The summed E-state index contributed by atoms with van der Waals surface area (Å²) in [6.07, 6.45) is 7.34. The standard InChI is InChI=1S/C11H19N3O/c1-2-14-8-10(7-13-14)6-12-11(9-15)4-3-5-11/h7-8,12,15H,2-6,9H2,1H3. The van der Waals surface area contributed by atoms with Gasteiger partial charge in [0.25, 0.3) is 0 Å². The van der Waals surface area contributed by atoms with Crippen molar-refractivity contribution < 1.29 is 5.11 Å². The van der Waals surface area contributed by atoms with Gasteiger partial charge >= 0.3 is 0 Å². The largest absolute Gasteiger partial charge is 0.394 e. The fourth-order valence-corrected chi connectivity index (χ4v) is 1.95. The van der Waals surface area contributed by atoms with Gasteiger partial charge in [-0.15, -0.1) is 0 Å². The van der Waals surface area contributed by atoms with Gasteiger partial charge in [0, 0.05) is 30.4 Å². The second-order valence-electron chi connectivity index (χ2n) is 4.35. The summed E-state index contributed by atoms with van der Waals surface area (Å²) in [6.45, 7) is 4.03. The van der Waals surface area contributed by atoms with Crippen LogP contribution in [-0.4, -0.2) is 27.0 Å². The number of nitrogens with zero attached hydrogens (tertiary/aromatic N) is 2. The predicted octanol–water partition coefficient (Wildman–Crippen LogP) is 0.908. The van der Waals surface area contributed by atoms with Gasteiger partial charge in [0.1, 0.15) is 0 Å². The fourth-order valence-electron chi connectivity index (χ4n) is 1.95. The van der Waals surface area contributed by atoms with Crippen molar-refractivity contribution in [3.63, 3.8) is 0 Å². The molecular formula is C11H19N3O. The lowest BCUT2D eigenvalue weighted by atomic mass is 9.77. The molecule has 1 aliphatic carbocycles. The number of aromatic nitrogens is 2. The highest BCUT2D eigenvalue weighted by molar-refractivity contribution is 5.06. The third-order valence-corrected chi connectivity index (χ3v) is 3.29. The van der Waals surface area contributed by atoms with Crippen molar-refractivity contribution in [3.05, 3.63) is 18.0 Å². The fraction of sp³-hybridized carbons (Fsp3) is 0.727. The summed E-state index contributed by atoms with van der Waals surface area (Å²) < 4.78 is 1.92. The summed E-state index contributed by atoms with van der Waals surface area (Å²) >= 11 is 0. The highest BCUT2D eigenvalue weighted by atomic mass is 16.3. The molecule has 0 amide bonds. The van der Waals surface area contributed by atoms with E-state index in [-0.39, 0.29) is 12.1 Å². The summed E-state index contributed by atoms with van der Waals surface area (Å²) in [5.74, 6) is 0. The second-order valence-corrected chi connectivity index (χ2v) is 4.35. The first-order chi connectivity index (χ1) is 7.28. The quantitative estimate of drug-likeness (QED) is 0.757. The first-order valence-electron chi connectivity index (χ1n) is 5.65. The van der Waals surface area contributed by atoms with Gasteiger partial charge in [-0.2, -0.15) is 5.10 Å². The molecule has 84 valence electrons. The maximum atomic E-state index is 9.28. The molecule has 4 heteroatoms. The van der Waals surface area contributed by atoms with Crippen LogP contribution in [0, 0.1) is 0 Å². The summed E-state index contributed by atoms with van der Waals surface area (Å²) in [5, 5.41) is 16.9. The molecule has 0 unspecified atom stereocenters. The van der Waals surface area contributed by atoms with E-state index >= 15 is 0 Å². The third-order valence-electron chi connectivity index (χ3n) is 3.29. The topological polar surface area (TPSA) is 50.1 Å². The van der Waals surface area contributed by atoms with E-state index in [0.717, 1.165) is 25.9 Å². The van der Waals surface area contributed by atoms with Crippen LogP contribution in [0.5, 0.6) is 0 Å². The highest BCUT2D eigenvalue weighted by Crippen LogP contribution is 2.31. The van der Waals surface area contributed by atoms with Gasteiger partial charge in [0.2, 0.25) is 0 Å². The minimum atomic E-state index is -0.00564. The van der Waals surface area contributed by atoms with Crippen LogP contribution in [-0.2, 0) is 13.1 Å².